The lowest BCUT2D eigenvalue weighted by Gasteiger charge is -2.04. The molecule has 0 radical (unpaired) electrons. The second kappa shape index (κ2) is 4.27. The highest BCUT2D eigenvalue weighted by molar-refractivity contribution is 7.10. The predicted octanol–water partition coefficient (Wildman–Crippen LogP) is 2.04. The quantitative estimate of drug-likeness (QED) is 0.830. The van der Waals surface area contributed by atoms with Crippen molar-refractivity contribution in [3.05, 3.63) is 34.3 Å². The van der Waals surface area contributed by atoms with E-state index in [-0.39, 0.29) is 0 Å². The van der Waals surface area contributed by atoms with Gasteiger partial charge in [0.1, 0.15) is 18.0 Å². The Morgan fingerprint density at radius 1 is 1.47 bits per heavy atom. The zero-order valence-electron chi connectivity index (χ0n) is 8.40. The highest BCUT2D eigenvalue weighted by atomic mass is 32.1. The van der Waals surface area contributed by atoms with Gasteiger partial charge < -0.3 is 11.1 Å². The number of anilines is 2. The number of rotatable bonds is 3. The lowest BCUT2D eigenvalue weighted by Crippen LogP contribution is -2.02. The number of nitrogens with zero attached hydrogens (tertiary/aromatic N) is 2. The monoisotopic (exact) mass is 220 g/mol. The molecule has 5 heteroatoms. The van der Waals surface area contributed by atoms with E-state index < -0.39 is 0 Å². The maximum atomic E-state index is 5.55. The fraction of sp³-hybridized carbons (Fsp3) is 0.200. The van der Waals surface area contributed by atoms with Crippen molar-refractivity contribution in [3.8, 4) is 0 Å². The molecule has 0 amide bonds. The molecular formula is C10H12N4S. The van der Waals surface area contributed by atoms with Crippen molar-refractivity contribution in [2.45, 2.75) is 13.5 Å². The molecule has 0 saturated heterocycles. The summed E-state index contributed by atoms with van der Waals surface area (Å²) in [6, 6.07) is 3.83. The molecule has 0 aliphatic heterocycles. The summed E-state index contributed by atoms with van der Waals surface area (Å²) < 4.78 is 0. The van der Waals surface area contributed by atoms with Crippen LogP contribution in [0.3, 0.4) is 0 Å². The molecule has 0 atom stereocenters. The van der Waals surface area contributed by atoms with Gasteiger partial charge in [0.05, 0.1) is 6.54 Å². The van der Waals surface area contributed by atoms with Crippen LogP contribution in [0.5, 0.6) is 0 Å². The normalized spacial score (nSPS) is 10.2. The standard InChI is InChI=1S/C10H12N4S/c1-7-2-3-15-8(7)5-12-10-4-9(11)13-6-14-10/h2-4,6H,5H2,1H3,(H3,11,12,13,14). The number of aryl methyl sites for hydroxylation is 1. The average molecular weight is 220 g/mol. The fourth-order valence-corrected chi connectivity index (χ4v) is 2.07. The Morgan fingerprint density at radius 3 is 3.00 bits per heavy atom. The molecule has 2 aromatic heterocycles. The molecule has 0 spiro atoms. The lowest BCUT2D eigenvalue weighted by molar-refractivity contribution is 1.09. The first-order valence-electron chi connectivity index (χ1n) is 4.60. The fourth-order valence-electron chi connectivity index (χ4n) is 1.23. The Hall–Kier alpha value is -1.62. The minimum atomic E-state index is 0.482. The molecule has 15 heavy (non-hydrogen) atoms. The number of aromatic nitrogens is 2. The summed E-state index contributed by atoms with van der Waals surface area (Å²) in [7, 11) is 0. The molecule has 3 N–H and O–H groups in total. The zero-order chi connectivity index (χ0) is 10.7. The van der Waals surface area contributed by atoms with Gasteiger partial charge in [-0.25, -0.2) is 9.97 Å². The van der Waals surface area contributed by atoms with Crippen molar-refractivity contribution >= 4 is 23.0 Å². The van der Waals surface area contributed by atoms with Gasteiger partial charge in [0, 0.05) is 10.9 Å². The van der Waals surface area contributed by atoms with Crippen molar-refractivity contribution in [3.63, 3.8) is 0 Å². The Labute approximate surface area is 92.2 Å². The molecule has 2 rings (SSSR count). The maximum Gasteiger partial charge on any atom is 0.131 e. The summed E-state index contributed by atoms with van der Waals surface area (Å²) >= 11 is 1.74. The Balaban J connectivity index is 2.02. The highest BCUT2D eigenvalue weighted by Gasteiger charge is 2.00. The molecular weight excluding hydrogens is 208 g/mol. The van der Waals surface area contributed by atoms with E-state index in [0.717, 1.165) is 12.4 Å². The van der Waals surface area contributed by atoms with Crippen LogP contribution in [-0.2, 0) is 6.54 Å². The molecule has 0 saturated carbocycles. The number of nitrogens with two attached hydrogens (primary N) is 1. The van der Waals surface area contributed by atoms with Gasteiger partial charge in [-0.1, -0.05) is 0 Å². The second-order valence-electron chi connectivity index (χ2n) is 3.21. The third-order valence-corrected chi connectivity index (χ3v) is 3.11. The molecule has 0 aliphatic rings. The van der Waals surface area contributed by atoms with Crippen LogP contribution in [0.2, 0.25) is 0 Å². The lowest BCUT2D eigenvalue weighted by atomic mass is 10.3. The Morgan fingerprint density at radius 2 is 2.33 bits per heavy atom. The van der Waals surface area contributed by atoms with E-state index >= 15 is 0 Å². The average Bonchev–Trinajstić information content (AvgIpc) is 2.61. The van der Waals surface area contributed by atoms with E-state index in [2.05, 4.69) is 33.7 Å². The van der Waals surface area contributed by atoms with Gasteiger partial charge in [0.2, 0.25) is 0 Å². The van der Waals surface area contributed by atoms with Gasteiger partial charge in [-0.05, 0) is 23.9 Å². The van der Waals surface area contributed by atoms with Crippen molar-refractivity contribution < 1.29 is 0 Å². The summed E-state index contributed by atoms with van der Waals surface area (Å²) in [5.74, 6) is 1.24. The minimum Gasteiger partial charge on any atom is -0.384 e. The molecule has 0 fully saturated rings. The number of thiophene rings is 1. The maximum absolute atomic E-state index is 5.55. The summed E-state index contributed by atoms with van der Waals surface area (Å²) in [6.45, 7) is 2.88. The predicted molar refractivity (Wildman–Crippen MR) is 62.8 cm³/mol. The second-order valence-corrected chi connectivity index (χ2v) is 4.21. The molecule has 2 heterocycles. The van der Waals surface area contributed by atoms with Gasteiger partial charge in [0.15, 0.2) is 0 Å². The Bertz CT molecular complexity index is 452. The largest absolute Gasteiger partial charge is 0.384 e. The summed E-state index contributed by atoms with van der Waals surface area (Å²) in [5, 5.41) is 5.29. The minimum absolute atomic E-state index is 0.482. The first kappa shape index (κ1) is 9.92. The van der Waals surface area contributed by atoms with Crippen LogP contribution in [0, 0.1) is 6.92 Å². The van der Waals surface area contributed by atoms with E-state index in [0.29, 0.717) is 5.82 Å². The molecule has 78 valence electrons. The number of nitrogens with one attached hydrogen (secondary N) is 1. The van der Waals surface area contributed by atoms with E-state index in [1.807, 2.05) is 0 Å². The van der Waals surface area contributed by atoms with Gasteiger partial charge in [0.25, 0.3) is 0 Å². The van der Waals surface area contributed by atoms with Gasteiger partial charge in [-0.15, -0.1) is 11.3 Å². The topological polar surface area (TPSA) is 63.8 Å². The molecule has 0 bridgehead atoms. The van der Waals surface area contributed by atoms with Gasteiger partial charge >= 0.3 is 0 Å². The number of hydrogen-bond donors (Lipinski definition) is 2. The van der Waals surface area contributed by atoms with Crippen molar-refractivity contribution in [2.75, 3.05) is 11.1 Å². The van der Waals surface area contributed by atoms with Crippen molar-refractivity contribution in [2.24, 2.45) is 0 Å². The van der Waals surface area contributed by atoms with E-state index in [4.69, 9.17) is 5.73 Å². The molecule has 0 aromatic carbocycles. The number of nitrogen functional groups attached to an aromatic ring is 1. The summed E-state index contributed by atoms with van der Waals surface area (Å²) in [5.41, 5.74) is 6.85. The van der Waals surface area contributed by atoms with E-state index in [9.17, 15) is 0 Å². The zero-order valence-corrected chi connectivity index (χ0v) is 9.21. The van der Waals surface area contributed by atoms with Gasteiger partial charge in [-0.2, -0.15) is 0 Å². The smallest absolute Gasteiger partial charge is 0.131 e. The third-order valence-electron chi connectivity index (χ3n) is 2.09. The molecule has 0 aliphatic carbocycles. The first-order valence-corrected chi connectivity index (χ1v) is 5.48. The Kier molecular flexibility index (Phi) is 2.82. The van der Waals surface area contributed by atoms with E-state index in [1.165, 1.54) is 16.8 Å². The van der Waals surface area contributed by atoms with Crippen LogP contribution in [0.15, 0.2) is 23.8 Å². The summed E-state index contributed by atoms with van der Waals surface area (Å²) in [4.78, 5) is 9.21. The highest BCUT2D eigenvalue weighted by Crippen LogP contribution is 2.17. The van der Waals surface area contributed by atoms with Gasteiger partial charge in [-0.3, -0.25) is 0 Å². The van der Waals surface area contributed by atoms with Crippen LogP contribution in [-0.4, -0.2) is 9.97 Å². The van der Waals surface area contributed by atoms with Crippen LogP contribution >= 0.6 is 11.3 Å². The van der Waals surface area contributed by atoms with E-state index in [1.54, 1.807) is 17.4 Å². The van der Waals surface area contributed by atoms with Crippen LogP contribution < -0.4 is 11.1 Å². The first-order chi connectivity index (χ1) is 7.25. The van der Waals surface area contributed by atoms with Crippen LogP contribution in [0.4, 0.5) is 11.6 Å². The SMILES string of the molecule is Cc1ccsc1CNc1cc(N)ncn1. The summed E-state index contributed by atoms with van der Waals surface area (Å²) in [6.07, 6.45) is 1.46. The van der Waals surface area contributed by atoms with Crippen molar-refractivity contribution in [1.82, 2.24) is 9.97 Å². The molecule has 4 nitrogen and oxygen atoms in total. The van der Waals surface area contributed by atoms with Crippen LogP contribution in [0.1, 0.15) is 10.4 Å². The number of hydrogen-bond acceptors (Lipinski definition) is 5. The van der Waals surface area contributed by atoms with Crippen molar-refractivity contribution in [1.29, 1.82) is 0 Å². The molecule has 2 aromatic rings. The third kappa shape index (κ3) is 2.44. The molecule has 0 unspecified atom stereocenters. The van der Waals surface area contributed by atoms with Crippen LogP contribution in [0.25, 0.3) is 0 Å².